The van der Waals surface area contributed by atoms with Gasteiger partial charge in [0.2, 0.25) is 5.91 Å². The molecule has 0 spiro atoms. The van der Waals surface area contributed by atoms with Crippen LogP contribution in [-0.4, -0.2) is 30.3 Å². The zero-order valence-corrected chi connectivity index (χ0v) is 13.7. The molecular weight excluding hydrogens is 294 g/mol. The Hall–Kier alpha value is -1.59. The van der Waals surface area contributed by atoms with Crippen molar-refractivity contribution in [3.63, 3.8) is 0 Å². The molecule has 2 fully saturated rings. The Morgan fingerprint density at radius 1 is 1.43 bits per heavy atom. The van der Waals surface area contributed by atoms with E-state index in [9.17, 15) is 9.90 Å². The third-order valence-corrected chi connectivity index (χ3v) is 5.06. The molecule has 2 aliphatic rings. The van der Waals surface area contributed by atoms with Crippen molar-refractivity contribution in [2.45, 2.75) is 57.5 Å². The fourth-order valence-corrected chi connectivity index (χ4v) is 4.02. The summed E-state index contributed by atoms with van der Waals surface area (Å²) in [5, 5.41) is 12.6. The number of hydrogen-bond donors (Lipinski definition) is 2. The summed E-state index contributed by atoms with van der Waals surface area (Å²) in [7, 11) is 1.60. The molecule has 126 valence electrons. The zero-order valence-electron chi connectivity index (χ0n) is 13.7. The Bertz CT molecular complexity index is 574. The highest BCUT2D eigenvalue weighted by atomic mass is 16.5. The van der Waals surface area contributed by atoms with E-state index in [-0.39, 0.29) is 30.8 Å². The van der Waals surface area contributed by atoms with Crippen LogP contribution in [-0.2, 0) is 16.1 Å². The second kappa shape index (κ2) is 6.89. The second-order valence-corrected chi connectivity index (χ2v) is 6.53. The number of methoxy groups -OCH3 is 1. The van der Waals surface area contributed by atoms with E-state index in [0.29, 0.717) is 11.7 Å². The average Bonchev–Trinajstić information content (AvgIpc) is 3.02. The van der Waals surface area contributed by atoms with Gasteiger partial charge in [-0.05, 0) is 37.0 Å². The predicted octanol–water partition coefficient (Wildman–Crippen LogP) is 2.32. The summed E-state index contributed by atoms with van der Waals surface area (Å²) >= 11 is 0. The molecule has 2 N–H and O–H groups in total. The molecule has 4 atom stereocenters. The molecule has 3 rings (SSSR count). The van der Waals surface area contributed by atoms with Gasteiger partial charge in [-0.25, -0.2) is 0 Å². The van der Waals surface area contributed by atoms with E-state index in [0.717, 1.165) is 36.8 Å². The highest BCUT2D eigenvalue weighted by Gasteiger charge is 2.42. The molecule has 1 aliphatic heterocycles. The third kappa shape index (κ3) is 3.35. The van der Waals surface area contributed by atoms with Gasteiger partial charge in [0.15, 0.2) is 0 Å². The lowest BCUT2D eigenvalue weighted by Crippen LogP contribution is -2.47. The van der Waals surface area contributed by atoms with Gasteiger partial charge in [-0.3, -0.25) is 4.79 Å². The van der Waals surface area contributed by atoms with E-state index in [2.05, 4.69) is 5.32 Å². The number of amides is 1. The van der Waals surface area contributed by atoms with Gasteiger partial charge in [-0.1, -0.05) is 12.5 Å². The fourth-order valence-electron chi connectivity index (χ4n) is 4.02. The van der Waals surface area contributed by atoms with E-state index in [1.165, 1.54) is 0 Å². The SMILES string of the molecule is COc1ccc([C@H]2C[C@@H](NC(C)=O)[C@@H]3CCC[C@H]3O2)cc1CO. The molecule has 1 saturated heterocycles. The fraction of sp³-hybridized carbons (Fsp3) is 0.611. The molecular formula is C18H25NO4. The Morgan fingerprint density at radius 3 is 2.96 bits per heavy atom. The summed E-state index contributed by atoms with van der Waals surface area (Å²) < 4.78 is 11.6. The molecule has 5 nitrogen and oxygen atoms in total. The first-order valence-electron chi connectivity index (χ1n) is 8.32. The number of rotatable bonds is 4. The van der Waals surface area contributed by atoms with Gasteiger partial charge >= 0.3 is 0 Å². The maximum Gasteiger partial charge on any atom is 0.217 e. The Kier molecular flexibility index (Phi) is 4.87. The molecule has 0 bridgehead atoms. The van der Waals surface area contributed by atoms with Gasteiger partial charge in [-0.2, -0.15) is 0 Å². The summed E-state index contributed by atoms with van der Waals surface area (Å²) in [4.78, 5) is 11.5. The van der Waals surface area contributed by atoms with Crippen LogP contribution in [0.5, 0.6) is 5.75 Å². The monoisotopic (exact) mass is 319 g/mol. The van der Waals surface area contributed by atoms with Crippen molar-refractivity contribution in [2.24, 2.45) is 5.92 Å². The lowest BCUT2D eigenvalue weighted by molar-refractivity contribution is -0.124. The summed E-state index contributed by atoms with van der Waals surface area (Å²) in [5.74, 6) is 1.13. The summed E-state index contributed by atoms with van der Waals surface area (Å²) in [6.07, 6.45) is 4.26. The molecule has 0 radical (unpaired) electrons. The lowest BCUT2D eigenvalue weighted by atomic mass is 9.86. The standard InChI is InChI=1S/C18H25NO4/c1-11(21)19-15-9-18(23-17-5-3-4-14(15)17)12-6-7-16(22-2)13(8-12)10-20/h6-8,14-15,17-18,20H,3-5,9-10H2,1-2H3,(H,19,21)/t14-,15+,17+,18+/m0/s1. The van der Waals surface area contributed by atoms with Crippen LogP contribution >= 0.6 is 0 Å². The molecule has 1 saturated carbocycles. The number of carbonyl (C=O) groups is 1. The van der Waals surface area contributed by atoms with Crippen molar-refractivity contribution in [1.29, 1.82) is 0 Å². The minimum absolute atomic E-state index is 0.0204. The lowest BCUT2D eigenvalue weighted by Gasteiger charge is -2.39. The normalized spacial score (nSPS) is 29.9. The first-order chi connectivity index (χ1) is 11.1. The number of benzene rings is 1. The van der Waals surface area contributed by atoms with E-state index >= 15 is 0 Å². The number of nitrogens with one attached hydrogen (secondary N) is 1. The molecule has 1 amide bonds. The highest BCUT2D eigenvalue weighted by molar-refractivity contribution is 5.73. The maximum absolute atomic E-state index is 11.5. The number of aliphatic hydroxyl groups excluding tert-OH is 1. The molecule has 5 heteroatoms. The second-order valence-electron chi connectivity index (χ2n) is 6.53. The predicted molar refractivity (Wildman–Crippen MR) is 86.1 cm³/mol. The number of ether oxygens (including phenoxy) is 2. The Labute approximate surface area is 137 Å². The topological polar surface area (TPSA) is 67.8 Å². The van der Waals surface area contributed by atoms with E-state index in [1.807, 2.05) is 18.2 Å². The number of carbonyl (C=O) groups excluding carboxylic acids is 1. The Balaban J connectivity index is 1.83. The van der Waals surface area contributed by atoms with Gasteiger partial charge in [0.05, 0.1) is 25.9 Å². The van der Waals surface area contributed by atoms with Crippen molar-refractivity contribution in [3.05, 3.63) is 29.3 Å². The largest absolute Gasteiger partial charge is 0.496 e. The zero-order chi connectivity index (χ0) is 16.4. The van der Waals surface area contributed by atoms with Gasteiger partial charge < -0.3 is 19.9 Å². The minimum atomic E-state index is -0.0646. The molecule has 0 unspecified atom stereocenters. The molecule has 1 heterocycles. The average molecular weight is 319 g/mol. The molecule has 0 aromatic heterocycles. The van der Waals surface area contributed by atoms with Crippen LogP contribution in [0.25, 0.3) is 0 Å². The van der Waals surface area contributed by atoms with Gasteiger partial charge in [0, 0.05) is 24.4 Å². The maximum atomic E-state index is 11.5. The Morgan fingerprint density at radius 2 is 2.26 bits per heavy atom. The van der Waals surface area contributed by atoms with Crippen LogP contribution in [0.1, 0.15) is 49.8 Å². The van der Waals surface area contributed by atoms with Crippen molar-refractivity contribution in [2.75, 3.05) is 7.11 Å². The number of fused-ring (bicyclic) bond motifs is 1. The van der Waals surface area contributed by atoms with Gasteiger partial charge in [0.1, 0.15) is 5.75 Å². The van der Waals surface area contributed by atoms with E-state index in [1.54, 1.807) is 14.0 Å². The molecule has 1 aromatic rings. The van der Waals surface area contributed by atoms with Crippen LogP contribution < -0.4 is 10.1 Å². The highest BCUT2D eigenvalue weighted by Crippen LogP contribution is 2.43. The number of aliphatic hydroxyl groups is 1. The minimum Gasteiger partial charge on any atom is -0.496 e. The summed E-state index contributed by atoms with van der Waals surface area (Å²) in [6.45, 7) is 1.51. The molecule has 1 aromatic carbocycles. The smallest absolute Gasteiger partial charge is 0.217 e. The first kappa shape index (κ1) is 16.3. The molecule has 23 heavy (non-hydrogen) atoms. The molecule has 1 aliphatic carbocycles. The van der Waals surface area contributed by atoms with Gasteiger partial charge in [-0.15, -0.1) is 0 Å². The van der Waals surface area contributed by atoms with Crippen LogP contribution in [0.15, 0.2) is 18.2 Å². The van der Waals surface area contributed by atoms with Crippen molar-refractivity contribution in [1.82, 2.24) is 5.32 Å². The van der Waals surface area contributed by atoms with Crippen molar-refractivity contribution >= 4 is 5.91 Å². The van der Waals surface area contributed by atoms with Crippen molar-refractivity contribution < 1.29 is 19.4 Å². The van der Waals surface area contributed by atoms with Gasteiger partial charge in [0.25, 0.3) is 0 Å². The van der Waals surface area contributed by atoms with Crippen molar-refractivity contribution in [3.8, 4) is 5.75 Å². The number of hydrogen-bond acceptors (Lipinski definition) is 4. The van der Waals surface area contributed by atoms with E-state index in [4.69, 9.17) is 9.47 Å². The van der Waals surface area contributed by atoms with Crippen LogP contribution in [0.4, 0.5) is 0 Å². The summed E-state index contributed by atoms with van der Waals surface area (Å²) in [6, 6.07) is 5.98. The van der Waals surface area contributed by atoms with E-state index < -0.39 is 0 Å². The van der Waals surface area contributed by atoms with Crippen LogP contribution in [0.2, 0.25) is 0 Å². The van der Waals surface area contributed by atoms with Crippen LogP contribution in [0, 0.1) is 5.92 Å². The quantitative estimate of drug-likeness (QED) is 0.894. The first-order valence-corrected chi connectivity index (χ1v) is 8.32. The summed E-state index contributed by atoms with van der Waals surface area (Å²) in [5.41, 5.74) is 1.80. The van der Waals surface area contributed by atoms with Crippen LogP contribution in [0.3, 0.4) is 0 Å². The third-order valence-electron chi connectivity index (χ3n) is 5.06.